The summed E-state index contributed by atoms with van der Waals surface area (Å²) < 4.78 is 10.7. The van der Waals surface area contributed by atoms with Crippen molar-refractivity contribution in [2.24, 2.45) is 5.10 Å². The van der Waals surface area contributed by atoms with Crippen LogP contribution in [0.3, 0.4) is 0 Å². The molecule has 3 rings (SSSR count). The summed E-state index contributed by atoms with van der Waals surface area (Å²) >= 11 is 0. The van der Waals surface area contributed by atoms with Gasteiger partial charge in [-0.15, -0.1) is 0 Å². The number of rotatable bonds is 9. The summed E-state index contributed by atoms with van der Waals surface area (Å²) in [6, 6.07) is 23.8. The first-order valence-electron chi connectivity index (χ1n) is 10.2. The van der Waals surface area contributed by atoms with Gasteiger partial charge in [-0.05, 0) is 65.6 Å². The Morgan fingerprint density at radius 1 is 0.875 bits per heavy atom. The Balaban J connectivity index is 1.41. The molecule has 0 unspecified atom stereocenters. The largest absolute Gasteiger partial charge is 0.484 e. The maximum Gasteiger partial charge on any atom is 0.336 e. The molecule has 3 aromatic rings. The molecule has 3 aromatic carbocycles. The van der Waals surface area contributed by atoms with Gasteiger partial charge in [-0.1, -0.05) is 49.4 Å². The molecule has 1 N–H and O–H groups in total. The minimum absolute atomic E-state index is 0.131. The van der Waals surface area contributed by atoms with E-state index in [2.05, 4.69) is 17.5 Å². The molecule has 6 nitrogen and oxygen atoms in total. The van der Waals surface area contributed by atoms with Crippen LogP contribution >= 0.6 is 0 Å². The third-order valence-corrected chi connectivity index (χ3v) is 4.41. The normalized spacial score (nSPS) is 10.9. The number of hydrogen-bond donors (Lipinski definition) is 1. The minimum Gasteiger partial charge on any atom is -0.484 e. The van der Waals surface area contributed by atoms with Crippen LogP contribution in [0.4, 0.5) is 0 Å². The van der Waals surface area contributed by atoms with Crippen molar-refractivity contribution in [1.82, 2.24) is 5.43 Å². The highest BCUT2D eigenvalue weighted by atomic mass is 16.5. The van der Waals surface area contributed by atoms with E-state index >= 15 is 0 Å². The molecule has 1 amide bonds. The molecule has 0 radical (unpaired) electrons. The number of amides is 1. The minimum atomic E-state index is -0.466. The SMILES string of the molecule is CCc1ccc(OCC(=O)N/N=C\c2ccc(OC(=O)/C=C/c3ccccc3)cc2)cc1. The Morgan fingerprint density at radius 2 is 1.56 bits per heavy atom. The average molecular weight is 428 g/mol. The van der Waals surface area contributed by atoms with Gasteiger partial charge in [0.2, 0.25) is 0 Å². The second-order valence-corrected chi connectivity index (χ2v) is 6.81. The summed E-state index contributed by atoms with van der Waals surface area (Å²) in [7, 11) is 0. The van der Waals surface area contributed by atoms with Crippen molar-refractivity contribution in [3.8, 4) is 11.5 Å². The lowest BCUT2D eigenvalue weighted by molar-refractivity contribution is -0.129. The Morgan fingerprint density at radius 3 is 2.25 bits per heavy atom. The van der Waals surface area contributed by atoms with Crippen LogP contribution in [0.25, 0.3) is 6.08 Å². The predicted octanol–water partition coefficient (Wildman–Crippen LogP) is 4.40. The smallest absolute Gasteiger partial charge is 0.336 e. The maximum absolute atomic E-state index is 11.9. The summed E-state index contributed by atoms with van der Waals surface area (Å²) in [6.45, 7) is 1.94. The number of benzene rings is 3. The molecule has 0 aliphatic carbocycles. The van der Waals surface area contributed by atoms with Crippen molar-refractivity contribution < 1.29 is 19.1 Å². The van der Waals surface area contributed by atoms with E-state index in [-0.39, 0.29) is 12.5 Å². The molecule has 32 heavy (non-hydrogen) atoms. The van der Waals surface area contributed by atoms with Gasteiger partial charge in [0.25, 0.3) is 5.91 Å². The first-order valence-corrected chi connectivity index (χ1v) is 10.2. The monoisotopic (exact) mass is 428 g/mol. The maximum atomic E-state index is 11.9. The Bertz CT molecular complexity index is 1070. The van der Waals surface area contributed by atoms with Gasteiger partial charge in [0.15, 0.2) is 6.61 Å². The van der Waals surface area contributed by atoms with Crippen LogP contribution in [0.1, 0.15) is 23.6 Å². The van der Waals surface area contributed by atoms with Crippen LogP contribution in [0.5, 0.6) is 11.5 Å². The van der Waals surface area contributed by atoms with Crippen molar-refractivity contribution in [2.45, 2.75) is 13.3 Å². The van der Waals surface area contributed by atoms with Crippen molar-refractivity contribution >= 4 is 24.2 Å². The Hall–Kier alpha value is -4.19. The number of nitrogens with zero attached hydrogens (tertiary/aromatic N) is 1. The van der Waals surface area contributed by atoms with E-state index < -0.39 is 5.97 Å². The molecule has 6 heteroatoms. The number of aryl methyl sites for hydroxylation is 1. The molecule has 0 bridgehead atoms. The average Bonchev–Trinajstić information content (AvgIpc) is 2.83. The van der Waals surface area contributed by atoms with Gasteiger partial charge in [0, 0.05) is 6.08 Å². The molecule has 0 saturated carbocycles. The van der Waals surface area contributed by atoms with Crippen LogP contribution in [0, 0.1) is 0 Å². The fraction of sp³-hybridized carbons (Fsp3) is 0.115. The zero-order chi connectivity index (χ0) is 22.6. The highest BCUT2D eigenvalue weighted by Gasteiger charge is 2.02. The van der Waals surface area contributed by atoms with Gasteiger partial charge in [-0.25, -0.2) is 10.2 Å². The van der Waals surface area contributed by atoms with Crippen LogP contribution < -0.4 is 14.9 Å². The predicted molar refractivity (Wildman–Crippen MR) is 125 cm³/mol. The standard InChI is InChI=1S/C26H24N2O4/c1-2-20-8-13-23(14-9-20)31-19-25(29)28-27-18-22-10-15-24(16-11-22)32-26(30)17-12-21-6-4-3-5-7-21/h3-18H,2,19H2,1H3,(H,28,29)/b17-12+,27-18-. The second kappa shape index (κ2) is 11.9. The lowest BCUT2D eigenvalue weighted by Gasteiger charge is -2.05. The van der Waals surface area contributed by atoms with Gasteiger partial charge in [0.05, 0.1) is 6.21 Å². The number of hydrazone groups is 1. The van der Waals surface area contributed by atoms with E-state index in [1.54, 1.807) is 30.3 Å². The zero-order valence-electron chi connectivity index (χ0n) is 17.7. The number of carbonyl (C=O) groups excluding carboxylic acids is 2. The summed E-state index contributed by atoms with van der Waals surface area (Å²) in [4.78, 5) is 23.8. The molecule has 0 fully saturated rings. The molecule has 0 aliphatic rings. The van der Waals surface area contributed by atoms with Gasteiger partial charge in [-0.2, -0.15) is 5.10 Å². The fourth-order valence-corrected chi connectivity index (χ4v) is 2.68. The summed E-state index contributed by atoms with van der Waals surface area (Å²) in [5.74, 6) is 0.213. The molecular formula is C26H24N2O4. The van der Waals surface area contributed by atoms with E-state index in [0.29, 0.717) is 11.5 Å². The van der Waals surface area contributed by atoms with E-state index in [9.17, 15) is 9.59 Å². The molecule has 0 aromatic heterocycles. The Kier molecular flexibility index (Phi) is 8.34. The highest BCUT2D eigenvalue weighted by Crippen LogP contribution is 2.13. The molecule has 0 saturated heterocycles. The lowest BCUT2D eigenvalue weighted by Crippen LogP contribution is -2.24. The van der Waals surface area contributed by atoms with Crippen molar-refractivity contribution in [3.05, 3.63) is 102 Å². The summed E-state index contributed by atoms with van der Waals surface area (Å²) in [5.41, 5.74) is 5.27. The quantitative estimate of drug-likeness (QED) is 0.180. The number of hydrogen-bond acceptors (Lipinski definition) is 5. The highest BCUT2D eigenvalue weighted by molar-refractivity contribution is 5.89. The van der Waals surface area contributed by atoms with Crippen LogP contribution in [-0.2, 0) is 16.0 Å². The van der Waals surface area contributed by atoms with E-state index in [0.717, 1.165) is 17.5 Å². The van der Waals surface area contributed by atoms with Gasteiger partial charge in [-0.3, -0.25) is 4.79 Å². The molecule has 0 spiro atoms. The van der Waals surface area contributed by atoms with E-state index in [1.165, 1.54) is 17.9 Å². The van der Waals surface area contributed by atoms with Crippen LogP contribution in [0.2, 0.25) is 0 Å². The molecule has 0 aliphatic heterocycles. The van der Waals surface area contributed by atoms with Gasteiger partial charge < -0.3 is 9.47 Å². The topological polar surface area (TPSA) is 77.0 Å². The number of nitrogens with one attached hydrogen (secondary N) is 1. The summed E-state index contributed by atoms with van der Waals surface area (Å²) in [6.07, 6.45) is 5.51. The van der Waals surface area contributed by atoms with E-state index in [4.69, 9.17) is 9.47 Å². The van der Waals surface area contributed by atoms with E-state index in [1.807, 2.05) is 54.6 Å². The van der Waals surface area contributed by atoms with Crippen molar-refractivity contribution in [2.75, 3.05) is 6.61 Å². The third-order valence-electron chi connectivity index (χ3n) is 4.41. The van der Waals surface area contributed by atoms with Gasteiger partial charge >= 0.3 is 5.97 Å². The molecular weight excluding hydrogens is 404 g/mol. The fourth-order valence-electron chi connectivity index (χ4n) is 2.68. The van der Waals surface area contributed by atoms with Crippen molar-refractivity contribution in [3.63, 3.8) is 0 Å². The molecule has 0 atom stereocenters. The third kappa shape index (κ3) is 7.57. The molecule has 0 heterocycles. The lowest BCUT2D eigenvalue weighted by atomic mass is 10.2. The van der Waals surface area contributed by atoms with Crippen LogP contribution in [-0.4, -0.2) is 24.7 Å². The van der Waals surface area contributed by atoms with Gasteiger partial charge in [0.1, 0.15) is 11.5 Å². The Labute approximate surface area is 187 Å². The first kappa shape index (κ1) is 22.5. The number of esters is 1. The molecule has 162 valence electrons. The van der Waals surface area contributed by atoms with Crippen LogP contribution in [0.15, 0.2) is 90.0 Å². The first-order chi connectivity index (χ1) is 15.6. The second-order valence-electron chi connectivity index (χ2n) is 6.81. The van der Waals surface area contributed by atoms with Crippen molar-refractivity contribution in [1.29, 1.82) is 0 Å². The number of ether oxygens (including phenoxy) is 2. The summed E-state index contributed by atoms with van der Waals surface area (Å²) in [5, 5.41) is 3.91. The number of carbonyl (C=O) groups is 2. The zero-order valence-corrected chi connectivity index (χ0v) is 17.7.